The van der Waals surface area contributed by atoms with E-state index in [1.54, 1.807) is 0 Å². The van der Waals surface area contributed by atoms with Gasteiger partial charge in [-0.05, 0) is 11.0 Å². The van der Waals surface area contributed by atoms with E-state index in [1.807, 2.05) is 5.32 Å². The van der Waals surface area contributed by atoms with Gasteiger partial charge in [0.2, 0.25) is 0 Å². The predicted molar refractivity (Wildman–Crippen MR) is 49.1 cm³/mol. The molecule has 1 aromatic rings. The van der Waals surface area contributed by atoms with Gasteiger partial charge in [0.15, 0.2) is 5.69 Å². The highest BCUT2D eigenvalue weighted by atomic mass is 16.6. The van der Waals surface area contributed by atoms with Crippen LogP contribution in [0.4, 0.5) is 10.6 Å². The number of aromatic nitrogens is 1. The molecule has 0 aliphatic carbocycles. The topological polar surface area (TPSA) is 120 Å². The van der Waals surface area contributed by atoms with Crippen LogP contribution in [0.3, 0.4) is 0 Å². The van der Waals surface area contributed by atoms with Crippen molar-refractivity contribution in [2.45, 2.75) is 0 Å². The Hall–Kier alpha value is -2.38. The predicted octanol–water partition coefficient (Wildman–Crippen LogP) is -0.258. The molecule has 0 bridgehead atoms. The molecule has 0 unspecified atom stereocenters. The molecule has 3 amide bonds. The first kappa shape index (κ1) is 10.7. The molecule has 1 aromatic heterocycles. The number of imide groups is 1. The normalized spacial score (nSPS) is 9.67. The van der Waals surface area contributed by atoms with E-state index in [9.17, 15) is 19.7 Å². The van der Waals surface area contributed by atoms with Crippen LogP contribution in [-0.4, -0.2) is 21.4 Å². The first-order chi connectivity index (χ1) is 6.93. The zero-order valence-electron chi connectivity index (χ0n) is 7.76. The molecule has 0 aliphatic heterocycles. The van der Waals surface area contributed by atoms with E-state index < -0.39 is 16.9 Å². The maximum atomic E-state index is 11.3. The molecule has 0 atom stereocenters. The second-order valence-electron chi connectivity index (χ2n) is 2.71. The zero-order chi connectivity index (χ0) is 11.6. The van der Waals surface area contributed by atoms with Crippen molar-refractivity contribution in [2.75, 3.05) is 0 Å². The maximum absolute atomic E-state index is 11.3. The monoisotopic (exact) mass is 212 g/mol. The molecule has 15 heavy (non-hydrogen) atoms. The van der Waals surface area contributed by atoms with Gasteiger partial charge < -0.3 is 15.8 Å². The third-order valence-corrected chi connectivity index (χ3v) is 1.75. The van der Waals surface area contributed by atoms with Crippen molar-refractivity contribution in [3.8, 4) is 0 Å². The van der Waals surface area contributed by atoms with Gasteiger partial charge in [0.05, 0.1) is 7.05 Å². The summed E-state index contributed by atoms with van der Waals surface area (Å²) in [5, 5.41) is 12.2. The van der Waals surface area contributed by atoms with Gasteiger partial charge in [-0.3, -0.25) is 10.1 Å². The molecule has 0 saturated heterocycles. The van der Waals surface area contributed by atoms with Crippen LogP contribution in [0.25, 0.3) is 0 Å². The van der Waals surface area contributed by atoms with Crippen LogP contribution < -0.4 is 11.1 Å². The number of nitrogens with one attached hydrogen (secondary N) is 1. The van der Waals surface area contributed by atoms with Gasteiger partial charge in [0.25, 0.3) is 5.91 Å². The zero-order valence-corrected chi connectivity index (χ0v) is 7.76. The molecule has 0 fully saturated rings. The van der Waals surface area contributed by atoms with Gasteiger partial charge in [-0.2, -0.15) is 0 Å². The Balaban J connectivity index is 3.01. The van der Waals surface area contributed by atoms with E-state index in [1.165, 1.54) is 13.1 Å². The molecule has 0 saturated carbocycles. The average Bonchev–Trinajstić information content (AvgIpc) is 2.45. The van der Waals surface area contributed by atoms with Crippen LogP contribution in [0.15, 0.2) is 12.1 Å². The fraction of sp³-hybridized carbons (Fsp3) is 0.143. The number of nitrogens with zero attached hydrogens (tertiary/aromatic N) is 2. The molecule has 0 aliphatic rings. The Kier molecular flexibility index (Phi) is 2.70. The van der Waals surface area contributed by atoms with Gasteiger partial charge in [-0.1, -0.05) is 0 Å². The average molecular weight is 212 g/mol. The summed E-state index contributed by atoms with van der Waals surface area (Å²) in [6.45, 7) is 0. The van der Waals surface area contributed by atoms with Crippen LogP contribution in [0.5, 0.6) is 0 Å². The minimum atomic E-state index is -1.01. The van der Waals surface area contributed by atoms with E-state index >= 15 is 0 Å². The largest absolute Gasteiger partial charge is 0.358 e. The molecule has 8 heteroatoms. The second-order valence-corrected chi connectivity index (χ2v) is 2.71. The smallest absolute Gasteiger partial charge is 0.323 e. The van der Waals surface area contributed by atoms with Crippen LogP contribution in [0, 0.1) is 10.1 Å². The minimum Gasteiger partial charge on any atom is -0.358 e. The first-order valence-corrected chi connectivity index (χ1v) is 3.84. The Morgan fingerprint density at radius 1 is 1.53 bits per heavy atom. The van der Waals surface area contributed by atoms with E-state index in [2.05, 4.69) is 0 Å². The molecule has 80 valence electrons. The van der Waals surface area contributed by atoms with E-state index in [-0.39, 0.29) is 11.5 Å². The second kappa shape index (κ2) is 3.78. The summed E-state index contributed by atoms with van der Waals surface area (Å²) in [5.41, 5.74) is 4.72. The number of urea groups is 1. The van der Waals surface area contributed by atoms with Crippen molar-refractivity contribution in [2.24, 2.45) is 12.8 Å². The van der Waals surface area contributed by atoms with Crippen molar-refractivity contribution in [1.29, 1.82) is 0 Å². The summed E-state index contributed by atoms with van der Waals surface area (Å²) in [5.74, 6) is -1.03. The Morgan fingerprint density at radius 3 is 2.53 bits per heavy atom. The SMILES string of the molecule is Cn1c(C(=O)NC(N)=O)ccc1[N+](=O)[O-]. The highest BCUT2D eigenvalue weighted by Gasteiger charge is 2.21. The fourth-order valence-corrected chi connectivity index (χ4v) is 1.09. The third-order valence-electron chi connectivity index (χ3n) is 1.75. The number of rotatable bonds is 2. The van der Waals surface area contributed by atoms with E-state index in [0.29, 0.717) is 0 Å². The summed E-state index contributed by atoms with van der Waals surface area (Å²) in [6.07, 6.45) is 0. The number of carbonyl (C=O) groups excluding carboxylic acids is 2. The number of nitrogens with two attached hydrogens (primary N) is 1. The van der Waals surface area contributed by atoms with Crippen molar-refractivity contribution in [3.63, 3.8) is 0 Å². The lowest BCUT2D eigenvalue weighted by Crippen LogP contribution is -2.35. The third kappa shape index (κ3) is 2.10. The summed E-state index contributed by atoms with van der Waals surface area (Å²) < 4.78 is 1.05. The highest BCUT2D eigenvalue weighted by Crippen LogP contribution is 2.14. The molecule has 1 rings (SSSR count). The molecule has 0 radical (unpaired) electrons. The standard InChI is InChI=1S/C7H8N4O4/c1-10-4(6(12)9-7(8)13)2-3-5(10)11(14)15/h2-3H,1H3,(H3,8,9,12,13). The number of amides is 3. The van der Waals surface area contributed by atoms with Crippen molar-refractivity contribution >= 4 is 17.8 Å². The number of hydrogen-bond donors (Lipinski definition) is 2. The lowest BCUT2D eigenvalue weighted by Gasteiger charge is -1.99. The van der Waals surface area contributed by atoms with Gasteiger partial charge in [0.1, 0.15) is 0 Å². The van der Waals surface area contributed by atoms with Gasteiger partial charge >= 0.3 is 11.8 Å². The Labute approximate surface area is 83.8 Å². The van der Waals surface area contributed by atoms with Crippen molar-refractivity contribution < 1.29 is 14.5 Å². The molecule has 0 spiro atoms. The fourth-order valence-electron chi connectivity index (χ4n) is 1.09. The number of carbonyl (C=O) groups is 2. The van der Waals surface area contributed by atoms with Crippen molar-refractivity contribution in [1.82, 2.24) is 9.88 Å². The summed E-state index contributed by atoms with van der Waals surface area (Å²) in [6, 6.07) is 1.38. The van der Waals surface area contributed by atoms with Gasteiger partial charge in [0, 0.05) is 6.07 Å². The molecule has 1 heterocycles. The van der Waals surface area contributed by atoms with Crippen LogP contribution >= 0.6 is 0 Å². The summed E-state index contributed by atoms with van der Waals surface area (Å²) in [7, 11) is 1.34. The van der Waals surface area contributed by atoms with Crippen molar-refractivity contribution in [3.05, 3.63) is 27.9 Å². The number of primary amides is 1. The molecule has 0 aromatic carbocycles. The first-order valence-electron chi connectivity index (χ1n) is 3.84. The maximum Gasteiger partial charge on any atom is 0.323 e. The van der Waals surface area contributed by atoms with Gasteiger partial charge in [-0.25, -0.2) is 9.36 Å². The highest BCUT2D eigenvalue weighted by molar-refractivity contribution is 6.03. The molecular weight excluding hydrogens is 204 g/mol. The summed E-state index contributed by atoms with van der Waals surface area (Å²) >= 11 is 0. The van der Waals surface area contributed by atoms with Crippen LogP contribution in [0.2, 0.25) is 0 Å². The Bertz CT molecular complexity index is 436. The molecule has 8 nitrogen and oxygen atoms in total. The van der Waals surface area contributed by atoms with Crippen LogP contribution in [0.1, 0.15) is 10.5 Å². The summed E-state index contributed by atoms with van der Waals surface area (Å²) in [4.78, 5) is 31.4. The lowest BCUT2D eigenvalue weighted by atomic mass is 10.4. The lowest BCUT2D eigenvalue weighted by molar-refractivity contribution is -0.391. The quantitative estimate of drug-likeness (QED) is 0.518. The van der Waals surface area contributed by atoms with Gasteiger partial charge in [-0.15, -0.1) is 0 Å². The minimum absolute atomic E-state index is 0.0134. The number of hydrogen-bond acceptors (Lipinski definition) is 4. The van der Waals surface area contributed by atoms with E-state index in [0.717, 1.165) is 10.6 Å². The Morgan fingerprint density at radius 2 is 2.13 bits per heavy atom. The molecular formula is C7H8N4O4. The van der Waals surface area contributed by atoms with E-state index in [4.69, 9.17) is 5.73 Å². The molecule has 3 N–H and O–H groups in total. The van der Waals surface area contributed by atoms with Crippen LogP contribution in [-0.2, 0) is 7.05 Å². The number of nitro groups is 1.